The van der Waals surface area contributed by atoms with Gasteiger partial charge in [0.1, 0.15) is 6.07 Å². The van der Waals surface area contributed by atoms with Crippen LogP contribution in [0.15, 0.2) is 18.2 Å². The molecule has 0 unspecified atom stereocenters. The number of piperidine rings is 1. The van der Waals surface area contributed by atoms with Gasteiger partial charge in [0, 0.05) is 31.5 Å². The molecule has 2 atom stereocenters. The Kier molecular flexibility index (Phi) is 4.31. The van der Waals surface area contributed by atoms with Crippen LogP contribution in [0.5, 0.6) is 0 Å². The Hall–Kier alpha value is -1.28. The van der Waals surface area contributed by atoms with Crippen molar-refractivity contribution in [2.75, 3.05) is 24.6 Å². The Labute approximate surface area is 136 Å². The number of aliphatic hydroxyl groups excluding tert-OH is 1. The number of benzene rings is 1. The minimum atomic E-state index is -0.270. The highest BCUT2D eigenvalue weighted by Crippen LogP contribution is 2.51. The van der Waals surface area contributed by atoms with Gasteiger partial charge in [0.25, 0.3) is 0 Å². The van der Waals surface area contributed by atoms with Crippen molar-refractivity contribution in [2.24, 2.45) is 5.41 Å². The van der Waals surface area contributed by atoms with E-state index in [2.05, 4.69) is 11.0 Å². The molecular formula is C17H21ClN2O2. The number of rotatable bonds is 3. The quantitative estimate of drug-likeness (QED) is 0.930. The van der Waals surface area contributed by atoms with Crippen LogP contribution in [0.25, 0.3) is 0 Å². The van der Waals surface area contributed by atoms with Crippen molar-refractivity contribution in [1.29, 1.82) is 5.26 Å². The number of aliphatic hydroxyl groups is 1. The lowest BCUT2D eigenvalue weighted by Gasteiger charge is -2.57. The molecule has 118 valence electrons. The van der Waals surface area contributed by atoms with Crippen LogP contribution in [-0.4, -0.2) is 37.0 Å². The smallest absolute Gasteiger partial charge is 0.101 e. The normalized spacial score (nSPS) is 26.5. The second-order valence-electron chi connectivity index (χ2n) is 6.16. The number of hydrogen-bond donors (Lipinski definition) is 1. The van der Waals surface area contributed by atoms with Gasteiger partial charge in [0.05, 0.1) is 28.5 Å². The van der Waals surface area contributed by atoms with E-state index in [0.29, 0.717) is 17.2 Å². The molecule has 1 spiro atoms. The van der Waals surface area contributed by atoms with Crippen molar-refractivity contribution in [3.05, 3.63) is 28.8 Å². The average molecular weight is 321 g/mol. The average Bonchev–Trinajstić information content (AvgIpc) is 2.54. The second-order valence-corrected chi connectivity index (χ2v) is 6.57. The van der Waals surface area contributed by atoms with Crippen LogP contribution in [0.1, 0.15) is 31.7 Å². The van der Waals surface area contributed by atoms with Gasteiger partial charge >= 0.3 is 0 Å². The molecule has 2 aliphatic rings. The summed E-state index contributed by atoms with van der Waals surface area (Å²) in [6, 6.07) is 7.64. The number of ether oxygens (including phenoxy) is 1. The lowest BCUT2D eigenvalue weighted by molar-refractivity contribution is -0.199. The van der Waals surface area contributed by atoms with Crippen molar-refractivity contribution >= 4 is 17.3 Å². The lowest BCUT2D eigenvalue weighted by Crippen LogP contribution is -2.62. The van der Waals surface area contributed by atoms with Crippen molar-refractivity contribution in [2.45, 2.75) is 38.4 Å². The topological polar surface area (TPSA) is 56.5 Å². The zero-order chi connectivity index (χ0) is 15.7. The van der Waals surface area contributed by atoms with E-state index in [1.165, 1.54) is 0 Å². The first kappa shape index (κ1) is 15.6. The van der Waals surface area contributed by atoms with Gasteiger partial charge < -0.3 is 14.7 Å². The number of para-hydroxylation sites is 1. The van der Waals surface area contributed by atoms with Crippen LogP contribution < -0.4 is 4.90 Å². The zero-order valence-electron chi connectivity index (χ0n) is 12.8. The predicted molar refractivity (Wildman–Crippen MR) is 86.1 cm³/mol. The fourth-order valence-corrected chi connectivity index (χ4v) is 4.18. The minimum Gasteiger partial charge on any atom is -0.392 e. The van der Waals surface area contributed by atoms with E-state index >= 15 is 0 Å². The zero-order valence-corrected chi connectivity index (χ0v) is 13.5. The van der Waals surface area contributed by atoms with Crippen molar-refractivity contribution < 1.29 is 9.84 Å². The molecule has 22 heavy (non-hydrogen) atoms. The number of hydrogen-bond acceptors (Lipinski definition) is 4. The molecule has 0 aromatic heterocycles. The summed E-state index contributed by atoms with van der Waals surface area (Å²) in [4.78, 5) is 2.17. The van der Waals surface area contributed by atoms with Gasteiger partial charge in [-0.1, -0.05) is 17.7 Å². The number of nitrogens with zero attached hydrogens (tertiary/aromatic N) is 2. The first-order chi connectivity index (χ1) is 10.6. The van der Waals surface area contributed by atoms with Gasteiger partial charge in [-0.25, -0.2) is 0 Å². The molecule has 1 heterocycles. The summed E-state index contributed by atoms with van der Waals surface area (Å²) >= 11 is 6.30. The maximum atomic E-state index is 10.3. The van der Waals surface area contributed by atoms with E-state index in [9.17, 15) is 10.4 Å². The van der Waals surface area contributed by atoms with Gasteiger partial charge in [0.15, 0.2) is 0 Å². The van der Waals surface area contributed by atoms with Gasteiger partial charge in [-0.15, -0.1) is 0 Å². The molecule has 1 saturated carbocycles. The van der Waals surface area contributed by atoms with E-state index in [1.54, 1.807) is 12.1 Å². The molecule has 0 bridgehead atoms. The van der Waals surface area contributed by atoms with Gasteiger partial charge in [0.2, 0.25) is 0 Å². The maximum Gasteiger partial charge on any atom is 0.101 e. The van der Waals surface area contributed by atoms with Crippen LogP contribution in [0.4, 0.5) is 5.69 Å². The molecular weight excluding hydrogens is 300 g/mol. The molecule has 2 fully saturated rings. The number of halogens is 1. The van der Waals surface area contributed by atoms with Crippen LogP contribution in [-0.2, 0) is 4.74 Å². The molecule has 4 nitrogen and oxygen atoms in total. The predicted octanol–water partition coefficient (Wildman–Crippen LogP) is 2.97. The monoisotopic (exact) mass is 320 g/mol. The maximum absolute atomic E-state index is 10.3. The van der Waals surface area contributed by atoms with Gasteiger partial charge in [-0.2, -0.15) is 5.26 Å². The Morgan fingerprint density at radius 1 is 1.45 bits per heavy atom. The lowest BCUT2D eigenvalue weighted by atomic mass is 9.58. The molecule has 3 rings (SSSR count). The Balaban J connectivity index is 1.77. The summed E-state index contributed by atoms with van der Waals surface area (Å²) in [6.07, 6.45) is 2.37. The Morgan fingerprint density at radius 2 is 2.18 bits per heavy atom. The van der Waals surface area contributed by atoms with Crippen molar-refractivity contribution in [3.8, 4) is 6.07 Å². The third kappa shape index (κ3) is 2.38. The summed E-state index contributed by atoms with van der Waals surface area (Å²) in [6.45, 7) is 4.26. The summed E-state index contributed by atoms with van der Waals surface area (Å²) < 4.78 is 5.79. The second kappa shape index (κ2) is 6.08. The highest BCUT2D eigenvalue weighted by atomic mass is 35.5. The molecule has 1 aromatic rings. The summed E-state index contributed by atoms with van der Waals surface area (Å²) in [7, 11) is 0. The molecule has 0 radical (unpaired) electrons. The third-order valence-corrected chi connectivity index (χ3v) is 5.53. The number of nitriles is 1. The summed E-state index contributed by atoms with van der Waals surface area (Å²) in [5.41, 5.74) is 1.32. The Morgan fingerprint density at radius 3 is 2.77 bits per heavy atom. The highest BCUT2D eigenvalue weighted by molar-refractivity contribution is 6.33. The SMILES string of the molecule is CCO[C@@H]1C[C@@H](O)C12CCN(c1c(Cl)cccc1C#N)CC2. The molecule has 1 aromatic carbocycles. The van der Waals surface area contributed by atoms with Crippen molar-refractivity contribution in [1.82, 2.24) is 0 Å². The molecule has 0 amide bonds. The van der Waals surface area contributed by atoms with Crippen molar-refractivity contribution in [3.63, 3.8) is 0 Å². The molecule has 5 heteroatoms. The van der Waals surface area contributed by atoms with E-state index in [0.717, 1.165) is 38.0 Å². The van der Waals surface area contributed by atoms with E-state index in [4.69, 9.17) is 16.3 Å². The van der Waals surface area contributed by atoms with Crippen LogP contribution in [0.2, 0.25) is 5.02 Å². The largest absolute Gasteiger partial charge is 0.392 e. The Bertz CT molecular complexity index is 589. The molecule has 1 aliphatic heterocycles. The number of anilines is 1. The third-order valence-electron chi connectivity index (χ3n) is 5.23. The van der Waals surface area contributed by atoms with Gasteiger partial charge in [-0.05, 0) is 31.9 Å². The van der Waals surface area contributed by atoms with Crippen LogP contribution >= 0.6 is 11.6 Å². The molecule has 1 N–H and O–H groups in total. The van der Waals surface area contributed by atoms with E-state index in [-0.39, 0.29) is 17.6 Å². The molecule has 1 saturated heterocycles. The highest BCUT2D eigenvalue weighted by Gasteiger charge is 2.56. The van der Waals surface area contributed by atoms with Gasteiger partial charge in [-0.3, -0.25) is 0 Å². The minimum absolute atomic E-state index is 0.111. The van der Waals surface area contributed by atoms with E-state index in [1.807, 2.05) is 13.0 Å². The van der Waals surface area contributed by atoms with Crippen LogP contribution in [0.3, 0.4) is 0 Å². The fraction of sp³-hybridized carbons (Fsp3) is 0.588. The van der Waals surface area contributed by atoms with E-state index < -0.39 is 0 Å². The molecule has 1 aliphatic carbocycles. The summed E-state index contributed by atoms with van der Waals surface area (Å²) in [5.74, 6) is 0. The van der Waals surface area contributed by atoms with Crippen LogP contribution in [0, 0.1) is 16.7 Å². The summed E-state index contributed by atoms with van der Waals surface area (Å²) in [5, 5.41) is 20.2. The standard InChI is InChI=1S/C17H21ClN2O2/c1-2-22-15-10-14(21)17(15)6-8-20(9-7-17)16-12(11-19)4-3-5-13(16)18/h3-5,14-15,21H,2,6-10H2,1H3/t14-,15-/m1/s1. The first-order valence-electron chi connectivity index (χ1n) is 7.85. The first-order valence-corrected chi connectivity index (χ1v) is 8.23. The fourth-order valence-electron chi connectivity index (χ4n) is 3.89.